The van der Waals surface area contributed by atoms with Crippen molar-refractivity contribution in [1.29, 1.82) is 0 Å². The third-order valence-corrected chi connectivity index (χ3v) is 9.29. The Hall–Kier alpha value is -3.04. The number of hydrogen-bond acceptors (Lipinski definition) is 7. The fourth-order valence-corrected chi connectivity index (χ4v) is 7.16. The molecule has 2 saturated carbocycles. The summed E-state index contributed by atoms with van der Waals surface area (Å²) >= 11 is 0. The minimum atomic E-state index is 0.207. The maximum Gasteiger partial charge on any atom is 0.230 e. The second kappa shape index (κ2) is 7.49. The maximum absolute atomic E-state index is 12.7. The van der Waals surface area contributed by atoms with Gasteiger partial charge in [-0.3, -0.25) is 14.4 Å². The Morgan fingerprint density at radius 3 is 2.72 bits per heavy atom. The number of piperidine rings is 1. The Kier molecular flexibility index (Phi) is 4.39. The molecule has 2 aliphatic carbocycles. The number of aryl methyl sites for hydroxylation is 1. The van der Waals surface area contributed by atoms with Gasteiger partial charge < -0.3 is 15.0 Å². The molecule has 3 saturated heterocycles. The summed E-state index contributed by atoms with van der Waals surface area (Å²) in [5.74, 6) is 1.03. The van der Waals surface area contributed by atoms with E-state index in [0.29, 0.717) is 29.5 Å². The summed E-state index contributed by atoms with van der Waals surface area (Å²) in [6.45, 7) is 6.26. The van der Waals surface area contributed by atoms with Crippen molar-refractivity contribution in [2.45, 2.75) is 57.2 Å². The van der Waals surface area contributed by atoms with Gasteiger partial charge in [-0.2, -0.15) is 5.10 Å². The number of carbonyl (C=O) groups excluding carboxylic acids is 1. The molecule has 9 heteroatoms. The van der Waals surface area contributed by atoms with Gasteiger partial charge in [0.15, 0.2) is 0 Å². The molecule has 0 radical (unpaired) electrons. The number of carbonyl (C=O) groups is 1. The molecule has 1 amide bonds. The number of ether oxygens (including phenoxy) is 1. The predicted molar refractivity (Wildman–Crippen MR) is 135 cm³/mol. The molecular weight excluding hydrogens is 454 g/mol. The molecule has 3 aliphatic heterocycles. The van der Waals surface area contributed by atoms with Gasteiger partial charge in [0.2, 0.25) is 11.9 Å². The van der Waals surface area contributed by atoms with E-state index in [1.165, 1.54) is 25.9 Å². The van der Waals surface area contributed by atoms with E-state index in [1.807, 2.05) is 36.2 Å². The highest BCUT2D eigenvalue weighted by atomic mass is 16.5. The minimum Gasteiger partial charge on any atom is -0.378 e. The van der Waals surface area contributed by atoms with Crippen LogP contribution >= 0.6 is 0 Å². The first-order chi connectivity index (χ1) is 17.5. The summed E-state index contributed by atoms with van der Waals surface area (Å²) < 4.78 is 7.48. The average Bonchev–Trinajstić information content (AvgIpc) is 3.48. The van der Waals surface area contributed by atoms with Crippen LogP contribution in [0.3, 0.4) is 0 Å². The molecule has 186 valence electrons. The lowest BCUT2D eigenvalue weighted by Crippen LogP contribution is -2.68. The average molecular weight is 486 g/mol. The SMILES string of the molecule is Cc1nn(C2CC3(C2)CN(C2COC2)C3)cc1Nc1ncc2ccc(N3C(=O)[C@H]4CC[C@@H]3C4)cc2n1. The van der Waals surface area contributed by atoms with Gasteiger partial charge in [0, 0.05) is 48.5 Å². The van der Waals surface area contributed by atoms with Crippen LogP contribution in [0.15, 0.2) is 30.6 Å². The molecule has 1 N–H and O–H groups in total. The zero-order valence-corrected chi connectivity index (χ0v) is 20.6. The monoisotopic (exact) mass is 485 g/mol. The molecule has 2 aromatic heterocycles. The van der Waals surface area contributed by atoms with Gasteiger partial charge in [0.25, 0.3) is 0 Å². The van der Waals surface area contributed by atoms with Crippen LogP contribution in [0.5, 0.6) is 0 Å². The lowest BCUT2D eigenvalue weighted by Gasteiger charge is -2.61. The van der Waals surface area contributed by atoms with Crippen molar-refractivity contribution >= 4 is 34.1 Å². The Morgan fingerprint density at radius 1 is 1.11 bits per heavy atom. The van der Waals surface area contributed by atoms with Crippen LogP contribution in [-0.4, -0.2) is 68.9 Å². The number of hydrogen-bond donors (Lipinski definition) is 1. The van der Waals surface area contributed by atoms with E-state index in [-0.39, 0.29) is 11.8 Å². The topological polar surface area (TPSA) is 88.4 Å². The molecule has 8 rings (SSSR count). The molecule has 3 aromatic rings. The van der Waals surface area contributed by atoms with Crippen LogP contribution in [0.25, 0.3) is 10.9 Å². The number of nitrogens with one attached hydrogen (secondary N) is 1. The first-order valence-corrected chi connectivity index (χ1v) is 13.3. The summed E-state index contributed by atoms with van der Waals surface area (Å²) in [6, 6.07) is 7.53. The van der Waals surface area contributed by atoms with Gasteiger partial charge in [0.05, 0.1) is 42.2 Å². The standard InChI is InChI=1S/C27H31N7O2/c1-16-24(11-33(31-16)21-8-27(9-21)14-32(15-27)22-12-36-13-22)30-26-28-10-18-3-5-20(7-23(18)29-26)34-19-4-2-17(6-19)25(34)35/h3,5,7,10-11,17,19,21-22H,2,4,6,8-9,12-15H2,1H3,(H,28,29,30)/t17-,19+/m0/s1. The molecule has 1 aromatic carbocycles. The Bertz CT molecular complexity index is 1370. The molecule has 1 spiro atoms. The third-order valence-electron chi connectivity index (χ3n) is 9.29. The second-order valence-electron chi connectivity index (χ2n) is 11.7. The molecule has 9 nitrogen and oxygen atoms in total. The predicted octanol–water partition coefficient (Wildman–Crippen LogP) is 3.43. The molecule has 5 aliphatic rings. The summed E-state index contributed by atoms with van der Waals surface area (Å²) in [4.78, 5) is 26.6. The van der Waals surface area contributed by atoms with Crippen molar-refractivity contribution in [2.75, 3.05) is 36.5 Å². The van der Waals surface area contributed by atoms with E-state index in [0.717, 1.165) is 60.4 Å². The smallest absolute Gasteiger partial charge is 0.230 e. The lowest BCUT2D eigenvalue weighted by atomic mass is 9.60. The molecule has 36 heavy (non-hydrogen) atoms. The third kappa shape index (κ3) is 3.15. The van der Waals surface area contributed by atoms with Crippen molar-refractivity contribution in [2.24, 2.45) is 11.3 Å². The van der Waals surface area contributed by atoms with E-state index in [2.05, 4.69) is 26.1 Å². The van der Waals surface area contributed by atoms with Crippen LogP contribution in [0, 0.1) is 18.3 Å². The number of aromatic nitrogens is 4. The number of amides is 1. The highest BCUT2D eigenvalue weighted by Gasteiger charge is 2.55. The highest BCUT2D eigenvalue weighted by Crippen LogP contribution is 2.55. The number of nitrogens with zero attached hydrogens (tertiary/aromatic N) is 6. The number of anilines is 3. The van der Waals surface area contributed by atoms with Crippen LogP contribution in [0.4, 0.5) is 17.3 Å². The fraction of sp³-hybridized carbons (Fsp3) is 0.556. The molecular formula is C27H31N7O2. The van der Waals surface area contributed by atoms with E-state index < -0.39 is 0 Å². The molecule has 5 heterocycles. The largest absolute Gasteiger partial charge is 0.378 e. The van der Waals surface area contributed by atoms with Gasteiger partial charge in [-0.25, -0.2) is 9.97 Å². The van der Waals surface area contributed by atoms with Gasteiger partial charge in [-0.05, 0) is 62.6 Å². The Balaban J connectivity index is 0.974. The van der Waals surface area contributed by atoms with E-state index in [9.17, 15) is 4.79 Å². The lowest BCUT2D eigenvalue weighted by molar-refractivity contribution is -0.165. The summed E-state index contributed by atoms with van der Waals surface area (Å²) in [6.07, 6.45) is 9.47. The number of benzene rings is 1. The van der Waals surface area contributed by atoms with Crippen LogP contribution in [-0.2, 0) is 9.53 Å². The molecule has 5 fully saturated rings. The van der Waals surface area contributed by atoms with E-state index in [1.54, 1.807) is 0 Å². The summed E-state index contributed by atoms with van der Waals surface area (Å²) in [7, 11) is 0. The van der Waals surface area contributed by atoms with Crippen molar-refractivity contribution in [1.82, 2.24) is 24.6 Å². The van der Waals surface area contributed by atoms with Crippen LogP contribution in [0.1, 0.15) is 43.8 Å². The maximum atomic E-state index is 12.7. The van der Waals surface area contributed by atoms with E-state index >= 15 is 0 Å². The van der Waals surface area contributed by atoms with E-state index in [4.69, 9.17) is 14.8 Å². The normalized spacial score (nSPS) is 27.5. The molecule has 0 unspecified atom stereocenters. The Morgan fingerprint density at radius 2 is 1.97 bits per heavy atom. The van der Waals surface area contributed by atoms with Gasteiger partial charge >= 0.3 is 0 Å². The minimum absolute atomic E-state index is 0.207. The first-order valence-electron chi connectivity index (χ1n) is 13.3. The Labute approximate surface area is 209 Å². The molecule has 2 bridgehead atoms. The molecule has 2 atom stereocenters. The van der Waals surface area contributed by atoms with Gasteiger partial charge in [-0.1, -0.05) is 0 Å². The van der Waals surface area contributed by atoms with Gasteiger partial charge in [0.1, 0.15) is 0 Å². The zero-order valence-electron chi connectivity index (χ0n) is 20.6. The first kappa shape index (κ1) is 21.1. The fourth-order valence-electron chi connectivity index (χ4n) is 7.16. The highest BCUT2D eigenvalue weighted by molar-refractivity contribution is 6.00. The number of likely N-dealkylation sites (tertiary alicyclic amines) is 1. The second-order valence-corrected chi connectivity index (χ2v) is 11.7. The van der Waals surface area contributed by atoms with Crippen molar-refractivity contribution in [3.63, 3.8) is 0 Å². The van der Waals surface area contributed by atoms with Crippen molar-refractivity contribution in [3.05, 3.63) is 36.3 Å². The quantitative estimate of drug-likeness (QED) is 0.592. The summed E-state index contributed by atoms with van der Waals surface area (Å²) in [5.41, 5.74) is 4.18. The van der Waals surface area contributed by atoms with Crippen LogP contribution in [0.2, 0.25) is 0 Å². The zero-order chi connectivity index (χ0) is 24.0. The van der Waals surface area contributed by atoms with Gasteiger partial charge in [-0.15, -0.1) is 0 Å². The van der Waals surface area contributed by atoms with Crippen molar-refractivity contribution < 1.29 is 9.53 Å². The van der Waals surface area contributed by atoms with Crippen molar-refractivity contribution in [3.8, 4) is 0 Å². The van der Waals surface area contributed by atoms with Crippen LogP contribution < -0.4 is 10.2 Å². The number of rotatable bonds is 5. The summed E-state index contributed by atoms with van der Waals surface area (Å²) in [5, 5.41) is 9.17. The number of fused-ring (bicyclic) bond motifs is 3.